The summed E-state index contributed by atoms with van der Waals surface area (Å²) in [5.74, 6) is -1.42. The molecular formula is C24H20O8. The molecule has 8 nitrogen and oxygen atoms in total. The number of esters is 1. The molecule has 1 heterocycles. The Hall–Kier alpha value is -4.33. The minimum absolute atomic E-state index is 0.0898. The molecule has 8 heteroatoms. The van der Waals surface area contributed by atoms with Crippen LogP contribution < -0.4 is 4.74 Å². The molecule has 0 radical (unpaired) electrons. The Balaban J connectivity index is 1.62. The predicted octanol–water partition coefficient (Wildman–Crippen LogP) is 3.52. The van der Waals surface area contributed by atoms with E-state index in [0.29, 0.717) is 16.7 Å². The van der Waals surface area contributed by atoms with Gasteiger partial charge in [-0.1, -0.05) is 18.2 Å². The maximum atomic E-state index is 12.5. The number of hydrogen-bond donors (Lipinski definition) is 5. The molecule has 1 aliphatic rings. The second-order valence-corrected chi connectivity index (χ2v) is 7.33. The summed E-state index contributed by atoms with van der Waals surface area (Å²) < 4.78 is 11.5. The number of carbonyl (C=O) groups excluding carboxylic acids is 1. The first kappa shape index (κ1) is 20.9. The lowest BCUT2D eigenvalue weighted by molar-refractivity contribution is -0.149. The number of hydrogen-bond acceptors (Lipinski definition) is 8. The molecule has 0 aromatic heterocycles. The van der Waals surface area contributed by atoms with Crippen molar-refractivity contribution in [1.82, 2.24) is 0 Å². The Morgan fingerprint density at radius 1 is 0.875 bits per heavy atom. The van der Waals surface area contributed by atoms with Gasteiger partial charge in [0.15, 0.2) is 17.6 Å². The zero-order chi connectivity index (χ0) is 22.8. The maximum absolute atomic E-state index is 12.5. The minimum Gasteiger partial charge on any atom is -0.508 e. The molecule has 5 N–H and O–H groups in total. The number of aromatic hydroxyl groups is 5. The Bertz CT molecular complexity index is 1180. The molecule has 32 heavy (non-hydrogen) atoms. The molecular weight excluding hydrogens is 416 g/mol. The molecule has 0 fully saturated rings. The van der Waals surface area contributed by atoms with Crippen molar-refractivity contribution in [2.45, 2.75) is 18.6 Å². The molecule has 2 atom stereocenters. The SMILES string of the molecule is O=C(C=Cc1ccc(O)cc1)OC1Cc2c(O)cc(O)cc2OC1c1ccc(O)c(O)c1. The second-order valence-electron chi connectivity index (χ2n) is 7.33. The number of fused-ring (bicyclic) bond motifs is 1. The van der Waals surface area contributed by atoms with Gasteiger partial charge >= 0.3 is 5.97 Å². The Morgan fingerprint density at radius 3 is 2.34 bits per heavy atom. The van der Waals surface area contributed by atoms with Crippen molar-refractivity contribution >= 4 is 12.0 Å². The number of benzene rings is 3. The van der Waals surface area contributed by atoms with Gasteiger partial charge in [-0.15, -0.1) is 0 Å². The molecule has 1 aliphatic heterocycles. The summed E-state index contributed by atoms with van der Waals surface area (Å²) >= 11 is 0. The van der Waals surface area contributed by atoms with E-state index in [1.807, 2.05) is 0 Å². The van der Waals surface area contributed by atoms with E-state index in [4.69, 9.17) is 9.47 Å². The molecule has 0 saturated carbocycles. The Kier molecular flexibility index (Phi) is 5.51. The van der Waals surface area contributed by atoms with Gasteiger partial charge in [0.25, 0.3) is 0 Å². The van der Waals surface area contributed by atoms with Gasteiger partial charge in [0.1, 0.15) is 29.1 Å². The zero-order valence-corrected chi connectivity index (χ0v) is 16.7. The van der Waals surface area contributed by atoms with E-state index in [1.54, 1.807) is 12.1 Å². The van der Waals surface area contributed by atoms with Crippen molar-refractivity contribution in [2.24, 2.45) is 0 Å². The van der Waals surface area contributed by atoms with Crippen LogP contribution in [0.4, 0.5) is 0 Å². The largest absolute Gasteiger partial charge is 0.508 e. The highest BCUT2D eigenvalue weighted by molar-refractivity contribution is 5.87. The summed E-state index contributed by atoms with van der Waals surface area (Å²) in [6.07, 6.45) is 1.09. The van der Waals surface area contributed by atoms with Crippen LogP contribution in [0.2, 0.25) is 0 Å². The summed E-state index contributed by atoms with van der Waals surface area (Å²) in [4.78, 5) is 12.5. The number of ether oxygens (including phenoxy) is 2. The third-order valence-electron chi connectivity index (χ3n) is 5.07. The van der Waals surface area contributed by atoms with E-state index in [9.17, 15) is 30.3 Å². The van der Waals surface area contributed by atoms with E-state index in [-0.39, 0.29) is 40.9 Å². The van der Waals surface area contributed by atoms with E-state index >= 15 is 0 Å². The van der Waals surface area contributed by atoms with Gasteiger partial charge < -0.3 is 35.0 Å². The Morgan fingerprint density at radius 2 is 1.62 bits per heavy atom. The van der Waals surface area contributed by atoms with Crippen LogP contribution in [-0.2, 0) is 16.0 Å². The fraction of sp³-hybridized carbons (Fsp3) is 0.125. The van der Waals surface area contributed by atoms with Crippen molar-refractivity contribution in [1.29, 1.82) is 0 Å². The van der Waals surface area contributed by atoms with E-state index in [1.165, 1.54) is 54.6 Å². The summed E-state index contributed by atoms with van der Waals surface area (Å²) in [5.41, 5.74) is 1.47. The molecule has 3 aromatic rings. The third-order valence-corrected chi connectivity index (χ3v) is 5.07. The highest BCUT2D eigenvalue weighted by Gasteiger charge is 2.36. The third kappa shape index (κ3) is 4.39. The van der Waals surface area contributed by atoms with Gasteiger partial charge in [0.2, 0.25) is 0 Å². The summed E-state index contributed by atoms with van der Waals surface area (Å²) in [6, 6.07) is 12.8. The van der Waals surface area contributed by atoms with Crippen molar-refractivity contribution in [2.75, 3.05) is 0 Å². The molecule has 0 amide bonds. The van der Waals surface area contributed by atoms with Gasteiger partial charge in [-0.05, 0) is 35.9 Å². The molecule has 2 unspecified atom stereocenters. The van der Waals surface area contributed by atoms with Crippen molar-refractivity contribution in [3.63, 3.8) is 0 Å². The van der Waals surface area contributed by atoms with E-state index in [0.717, 1.165) is 0 Å². The lowest BCUT2D eigenvalue weighted by Crippen LogP contribution is -2.34. The van der Waals surface area contributed by atoms with Gasteiger partial charge in [-0.25, -0.2) is 4.79 Å². The predicted molar refractivity (Wildman–Crippen MR) is 114 cm³/mol. The van der Waals surface area contributed by atoms with Crippen molar-refractivity contribution in [3.05, 3.63) is 77.4 Å². The zero-order valence-electron chi connectivity index (χ0n) is 16.7. The number of phenols is 5. The fourth-order valence-electron chi connectivity index (χ4n) is 3.49. The average Bonchev–Trinajstić information content (AvgIpc) is 2.75. The van der Waals surface area contributed by atoms with Crippen LogP contribution >= 0.6 is 0 Å². The first-order valence-electron chi connectivity index (χ1n) is 9.71. The van der Waals surface area contributed by atoms with Crippen LogP contribution in [-0.4, -0.2) is 37.6 Å². The average molecular weight is 436 g/mol. The van der Waals surface area contributed by atoms with Crippen molar-refractivity contribution < 1.29 is 39.8 Å². The summed E-state index contributed by atoms with van der Waals surface area (Å²) in [6.45, 7) is 0. The van der Waals surface area contributed by atoms with Crippen LogP contribution in [0.25, 0.3) is 6.08 Å². The van der Waals surface area contributed by atoms with E-state index in [2.05, 4.69) is 0 Å². The highest BCUT2D eigenvalue weighted by atomic mass is 16.6. The topological polar surface area (TPSA) is 137 Å². The number of rotatable bonds is 4. The molecule has 4 rings (SSSR count). The van der Waals surface area contributed by atoms with Crippen LogP contribution in [0.15, 0.2) is 60.7 Å². The van der Waals surface area contributed by atoms with Crippen LogP contribution in [0.1, 0.15) is 22.8 Å². The van der Waals surface area contributed by atoms with Gasteiger partial charge in [0.05, 0.1) is 0 Å². The van der Waals surface area contributed by atoms with Crippen LogP contribution in [0.5, 0.6) is 34.5 Å². The second kappa shape index (κ2) is 8.43. The van der Waals surface area contributed by atoms with Crippen LogP contribution in [0, 0.1) is 0 Å². The lowest BCUT2D eigenvalue weighted by atomic mass is 9.93. The molecule has 0 saturated heterocycles. The van der Waals surface area contributed by atoms with Gasteiger partial charge in [-0.3, -0.25) is 0 Å². The highest BCUT2D eigenvalue weighted by Crippen LogP contribution is 2.43. The normalized spacial score (nSPS) is 17.5. The molecule has 0 spiro atoms. The minimum atomic E-state index is -0.876. The lowest BCUT2D eigenvalue weighted by Gasteiger charge is -2.33. The first-order chi connectivity index (χ1) is 15.3. The monoisotopic (exact) mass is 436 g/mol. The maximum Gasteiger partial charge on any atom is 0.331 e. The standard InChI is InChI=1S/C24H20O8/c25-15-5-1-13(2-6-15)3-8-23(30)31-22-12-17-19(28)10-16(26)11-21(17)32-24(22)14-4-7-18(27)20(29)9-14/h1-11,22,24-29H,12H2. The van der Waals surface area contributed by atoms with Gasteiger partial charge in [0, 0.05) is 35.8 Å². The smallest absolute Gasteiger partial charge is 0.331 e. The summed E-state index contributed by atoms with van der Waals surface area (Å²) in [5, 5.41) is 48.8. The molecule has 0 aliphatic carbocycles. The number of carbonyl (C=O) groups is 1. The van der Waals surface area contributed by atoms with Crippen LogP contribution in [0.3, 0.4) is 0 Å². The summed E-state index contributed by atoms with van der Waals surface area (Å²) in [7, 11) is 0. The quantitative estimate of drug-likeness (QED) is 0.238. The molecule has 0 bridgehead atoms. The molecule has 3 aromatic carbocycles. The fourth-order valence-corrected chi connectivity index (χ4v) is 3.49. The van der Waals surface area contributed by atoms with Crippen molar-refractivity contribution in [3.8, 4) is 34.5 Å². The van der Waals surface area contributed by atoms with Gasteiger partial charge in [-0.2, -0.15) is 0 Å². The first-order valence-corrected chi connectivity index (χ1v) is 9.71. The number of phenolic OH excluding ortho intramolecular Hbond substituents is 5. The molecule has 164 valence electrons. The van der Waals surface area contributed by atoms with E-state index < -0.39 is 18.2 Å². The Labute approximate surface area is 182 Å².